The Morgan fingerprint density at radius 3 is 2.94 bits per heavy atom. The summed E-state index contributed by atoms with van der Waals surface area (Å²) in [7, 11) is 0. The molecule has 1 atom stereocenters. The molecule has 1 aliphatic heterocycles. The second kappa shape index (κ2) is 4.63. The summed E-state index contributed by atoms with van der Waals surface area (Å²) in [5.41, 5.74) is 2.01. The normalized spacial score (nSPS) is 19.4. The zero-order valence-corrected chi connectivity index (χ0v) is 10.6. The average molecular weight is 264 g/mol. The Morgan fingerprint density at radius 1 is 1.39 bits per heavy atom. The maximum absolute atomic E-state index is 11.1. The minimum absolute atomic E-state index is 0.107. The Morgan fingerprint density at radius 2 is 2.22 bits per heavy atom. The number of hydrogen-bond acceptors (Lipinski definition) is 2. The van der Waals surface area contributed by atoms with Crippen molar-refractivity contribution in [1.29, 1.82) is 0 Å². The second-order valence-corrected chi connectivity index (χ2v) is 4.93. The fourth-order valence-electron chi connectivity index (χ4n) is 2.28. The van der Waals surface area contributed by atoms with Gasteiger partial charge < -0.3 is 15.6 Å². The van der Waals surface area contributed by atoms with E-state index in [1.807, 2.05) is 24.3 Å². The highest BCUT2D eigenvalue weighted by Gasteiger charge is 2.21. The first-order valence-corrected chi connectivity index (χ1v) is 6.37. The molecule has 1 amide bonds. The van der Waals surface area contributed by atoms with E-state index in [0.717, 1.165) is 21.6 Å². The molecule has 18 heavy (non-hydrogen) atoms. The van der Waals surface area contributed by atoms with Crippen LogP contribution < -0.4 is 10.6 Å². The van der Waals surface area contributed by atoms with Crippen molar-refractivity contribution in [3.63, 3.8) is 0 Å². The molecule has 5 heteroatoms. The number of rotatable bonds is 3. The smallest absolute Gasteiger partial charge is 0.221 e. The van der Waals surface area contributed by atoms with Gasteiger partial charge in [0.15, 0.2) is 0 Å². The lowest BCUT2D eigenvalue weighted by Gasteiger charge is -2.09. The Bertz CT molecular complexity index is 593. The number of halogens is 1. The molecule has 0 spiro atoms. The van der Waals surface area contributed by atoms with Crippen molar-refractivity contribution in [3.8, 4) is 0 Å². The third kappa shape index (κ3) is 2.09. The average Bonchev–Trinajstić information content (AvgIpc) is 2.92. The minimum Gasteiger partial charge on any atom is -0.356 e. The van der Waals surface area contributed by atoms with Crippen LogP contribution in [-0.4, -0.2) is 23.5 Å². The number of hydrogen-bond donors (Lipinski definition) is 3. The third-order valence-electron chi connectivity index (χ3n) is 3.26. The molecular weight excluding hydrogens is 250 g/mol. The highest BCUT2D eigenvalue weighted by Crippen LogP contribution is 2.27. The molecule has 1 aromatic heterocycles. The van der Waals surface area contributed by atoms with E-state index in [1.165, 1.54) is 0 Å². The Hall–Kier alpha value is -1.52. The van der Waals surface area contributed by atoms with Gasteiger partial charge in [-0.3, -0.25) is 4.79 Å². The van der Waals surface area contributed by atoms with E-state index in [9.17, 15) is 4.79 Å². The van der Waals surface area contributed by atoms with Gasteiger partial charge in [-0.2, -0.15) is 0 Å². The molecule has 0 aliphatic carbocycles. The molecule has 2 heterocycles. The number of nitrogens with one attached hydrogen (secondary N) is 3. The SMILES string of the molecule is O=C1CC(NCc2[nH]c3ccccc3c2Cl)CN1. The van der Waals surface area contributed by atoms with Crippen LogP contribution in [0.3, 0.4) is 0 Å². The first-order valence-electron chi connectivity index (χ1n) is 5.99. The van der Waals surface area contributed by atoms with Gasteiger partial charge in [0.1, 0.15) is 0 Å². The topological polar surface area (TPSA) is 56.9 Å². The number of benzene rings is 1. The predicted molar refractivity (Wildman–Crippen MR) is 71.6 cm³/mol. The number of para-hydroxylation sites is 1. The number of H-pyrrole nitrogens is 1. The Balaban J connectivity index is 1.74. The maximum atomic E-state index is 11.1. The lowest BCUT2D eigenvalue weighted by atomic mass is 10.2. The van der Waals surface area contributed by atoms with Crippen LogP contribution in [0.25, 0.3) is 10.9 Å². The van der Waals surface area contributed by atoms with Crippen LogP contribution in [0.1, 0.15) is 12.1 Å². The van der Waals surface area contributed by atoms with E-state index in [0.29, 0.717) is 19.5 Å². The number of aromatic amines is 1. The van der Waals surface area contributed by atoms with E-state index >= 15 is 0 Å². The quantitative estimate of drug-likeness (QED) is 0.791. The number of carbonyl (C=O) groups is 1. The summed E-state index contributed by atoms with van der Waals surface area (Å²) in [5, 5.41) is 7.93. The van der Waals surface area contributed by atoms with Crippen LogP contribution in [0.5, 0.6) is 0 Å². The molecule has 0 saturated carbocycles. The van der Waals surface area contributed by atoms with Gasteiger partial charge in [-0.05, 0) is 6.07 Å². The summed E-state index contributed by atoms with van der Waals surface area (Å²) in [4.78, 5) is 14.4. The fourth-order valence-corrected chi connectivity index (χ4v) is 2.56. The molecule has 3 rings (SSSR count). The molecule has 4 nitrogen and oxygen atoms in total. The van der Waals surface area contributed by atoms with Gasteiger partial charge in [-0.15, -0.1) is 0 Å². The summed E-state index contributed by atoms with van der Waals surface area (Å²) < 4.78 is 0. The van der Waals surface area contributed by atoms with E-state index < -0.39 is 0 Å². The van der Waals surface area contributed by atoms with Crippen LogP contribution in [0.2, 0.25) is 5.02 Å². The largest absolute Gasteiger partial charge is 0.356 e. The molecule has 1 aromatic carbocycles. The minimum atomic E-state index is 0.107. The summed E-state index contributed by atoms with van der Waals surface area (Å²) in [5.74, 6) is 0.107. The third-order valence-corrected chi connectivity index (χ3v) is 3.69. The highest BCUT2D eigenvalue weighted by molar-refractivity contribution is 6.36. The molecule has 94 valence electrons. The zero-order chi connectivity index (χ0) is 12.5. The van der Waals surface area contributed by atoms with Gasteiger partial charge in [0.25, 0.3) is 0 Å². The van der Waals surface area contributed by atoms with Crippen molar-refractivity contribution in [2.24, 2.45) is 0 Å². The molecule has 2 aromatic rings. The Labute approximate surface area is 110 Å². The first kappa shape index (κ1) is 11.6. The van der Waals surface area contributed by atoms with E-state index in [4.69, 9.17) is 11.6 Å². The molecular formula is C13H14ClN3O. The number of fused-ring (bicyclic) bond motifs is 1. The van der Waals surface area contributed by atoms with Crippen molar-refractivity contribution in [2.45, 2.75) is 19.0 Å². The molecule has 1 saturated heterocycles. The van der Waals surface area contributed by atoms with Crippen LogP contribution >= 0.6 is 11.6 Å². The van der Waals surface area contributed by atoms with Crippen LogP contribution in [0.15, 0.2) is 24.3 Å². The molecule has 0 radical (unpaired) electrons. The lowest BCUT2D eigenvalue weighted by Crippen LogP contribution is -2.30. The number of aromatic nitrogens is 1. The van der Waals surface area contributed by atoms with Gasteiger partial charge in [-0.25, -0.2) is 0 Å². The monoisotopic (exact) mass is 263 g/mol. The highest BCUT2D eigenvalue weighted by atomic mass is 35.5. The lowest BCUT2D eigenvalue weighted by molar-refractivity contribution is -0.119. The van der Waals surface area contributed by atoms with Crippen molar-refractivity contribution >= 4 is 28.4 Å². The predicted octanol–water partition coefficient (Wildman–Crippen LogP) is 1.80. The van der Waals surface area contributed by atoms with Crippen molar-refractivity contribution in [2.75, 3.05) is 6.54 Å². The number of amides is 1. The zero-order valence-electron chi connectivity index (χ0n) is 9.79. The van der Waals surface area contributed by atoms with Crippen LogP contribution in [-0.2, 0) is 11.3 Å². The molecule has 0 bridgehead atoms. The number of carbonyl (C=O) groups excluding carboxylic acids is 1. The van der Waals surface area contributed by atoms with Gasteiger partial charge in [0.2, 0.25) is 5.91 Å². The molecule has 1 unspecified atom stereocenters. The van der Waals surface area contributed by atoms with Crippen molar-refractivity contribution < 1.29 is 4.79 Å². The second-order valence-electron chi connectivity index (χ2n) is 4.55. The first-order chi connectivity index (χ1) is 8.74. The summed E-state index contributed by atoms with van der Waals surface area (Å²) in [6.45, 7) is 1.34. The van der Waals surface area contributed by atoms with Crippen LogP contribution in [0.4, 0.5) is 0 Å². The van der Waals surface area contributed by atoms with Crippen LogP contribution in [0, 0.1) is 0 Å². The fraction of sp³-hybridized carbons (Fsp3) is 0.308. The Kier molecular flexibility index (Phi) is 2.97. The molecule has 1 fully saturated rings. The molecule has 3 N–H and O–H groups in total. The van der Waals surface area contributed by atoms with Gasteiger partial charge in [0, 0.05) is 42.1 Å². The van der Waals surface area contributed by atoms with Gasteiger partial charge >= 0.3 is 0 Å². The standard InChI is InChI=1S/C13H14ClN3O/c14-13-9-3-1-2-4-10(9)17-11(13)7-15-8-5-12(18)16-6-8/h1-4,8,15,17H,5-7H2,(H,16,18). The van der Waals surface area contributed by atoms with E-state index in [-0.39, 0.29) is 11.9 Å². The summed E-state index contributed by atoms with van der Waals surface area (Å²) >= 11 is 6.32. The molecule has 1 aliphatic rings. The maximum Gasteiger partial charge on any atom is 0.221 e. The van der Waals surface area contributed by atoms with E-state index in [1.54, 1.807) is 0 Å². The van der Waals surface area contributed by atoms with Crippen molar-refractivity contribution in [3.05, 3.63) is 35.0 Å². The summed E-state index contributed by atoms with van der Waals surface area (Å²) in [6.07, 6.45) is 0.540. The van der Waals surface area contributed by atoms with E-state index in [2.05, 4.69) is 15.6 Å². The summed E-state index contributed by atoms with van der Waals surface area (Å²) in [6, 6.07) is 8.15. The van der Waals surface area contributed by atoms with Gasteiger partial charge in [0.05, 0.1) is 5.02 Å². The van der Waals surface area contributed by atoms with Crippen molar-refractivity contribution in [1.82, 2.24) is 15.6 Å². The van der Waals surface area contributed by atoms with Gasteiger partial charge in [-0.1, -0.05) is 29.8 Å².